The molecule has 0 aliphatic carbocycles. The van der Waals surface area contributed by atoms with E-state index >= 15 is 0 Å². The number of thiophene rings is 1. The van der Waals surface area contributed by atoms with Crippen molar-refractivity contribution in [2.24, 2.45) is 5.92 Å². The van der Waals surface area contributed by atoms with Gasteiger partial charge in [-0.15, -0.1) is 11.3 Å². The number of nitrogens with zero attached hydrogens (tertiary/aromatic N) is 1. The van der Waals surface area contributed by atoms with Crippen molar-refractivity contribution < 1.29 is 9.90 Å². The molecule has 1 rings (SSSR count). The number of carbonyl (C=O) groups excluding carboxylic acids is 1. The molecule has 0 fully saturated rings. The molecule has 0 aliphatic heterocycles. The molecule has 4 heteroatoms. The molecule has 1 heterocycles. The van der Waals surface area contributed by atoms with Crippen LogP contribution >= 0.6 is 11.3 Å². The summed E-state index contributed by atoms with van der Waals surface area (Å²) >= 11 is 1.36. The number of carbonyl (C=O) groups is 1. The first-order valence-electron chi connectivity index (χ1n) is 5.31. The maximum Gasteiger partial charge on any atom is 0.263 e. The van der Waals surface area contributed by atoms with Gasteiger partial charge in [-0.05, 0) is 25.0 Å². The molecule has 90 valence electrons. The summed E-state index contributed by atoms with van der Waals surface area (Å²) in [6.07, 6.45) is 0. The fourth-order valence-corrected chi connectivity index (χ4v) is 2.45. The predicted octanol–water partition coefficient (Wildman–Crippen LogP) is 2.31. The van der Waals surface area contributed by atoms with Gasteiger partial charge < -0.3 is 10.0 Å². The second-order valence-electron chi connectivity index (χ2n) is 4.67. The van der Waals surface area contributed by atoms with E-state index in [0.717, 1.165) is 4.88 Å². The van der Waals surface area contributed by atoms with Crippen molar-refractivity contribution in [3.63, 3.8) is 0 Å². The summed E-state index contributed by atoms with van der Waals surface area (Å²) < 4.78 is 0. The molecule has 1 aromatic heterocycles. The molecule has 0 saturated heterocycles. The van der Waals surface area contributed by atoms with Crippen LogP contribution in [0, 0.1) is 5.92 Å². The topological polar surface area (TPSA) is 40.5 Å². The molecule has 3 nitrogen and oxygen atoms in total. The third-order valence-electron chi connectivity index (χ3n) is 2.85. The van der Waals surface area contributed by atoms with Crippen LogP contribution in [0.2, 0.25) is 0 Å². The molecule has 1 unspecified atom stereocenters. The van der Waals surface area contributed by atoms with Crippen LogP contribution in [-0.4, -0.2) is 30.0 Å². The van der Waals surface area contributed by atoms with E-state index in [-0.39, 0.29) is 11.8 Å². The van der Waals surface area contributed by atoms with Crippen molar-refractivity contribution in [2.75, 3.05) is 14.1 Å². The Morgan fingerprint density at radius 3 is 2.44 bits per heavy atom. The molecule has 0 bridgehead atoms. The molecule has 1 amide bonds. The minimum atomic E-state index is -0.866. The van der Waals surface area contributed by atoms with Gasteiger partial charge in [-0.1, -0.05) is 13.8 Å². The van der Waals surface area contributed by atoms with Crippen molar-refractivity contribution in [2.45, 2.75) is 26.4 Å². The number of rotatable bonds is 3. The summed E-state index contributed by atoms with van der Waals surface area (Å²) in [6.45, 7) is 5.72. The van der Waals surface area contributed by atoms with E-state index in [4.69, 9.17) is 0 Å². The standard InChI is InChI=1S/C12H19NO2S/c1-8(2)12(3,15)10-7-6-9(16-10)11(14)13(4)5/h6-8,15H,1-5H3. The number of aliphatic hydroxyl groups is 1. The van der Waals surface area contributed by atoms with Gasteiger partial charge in [-0.3, -0.25) is 4.79 Å². The lowest BCUT2D eigenvalue weighted by molar-refractivity contribution is 0.0126. The molecular weight excluding hydrogens is 222 g/mol. The number of hydrogen-bond acceptors (Lipinski definition) is 3. The Hall–Kier alpha value is -0.870. The molecule has 0 aromatic carbocycles. The van der Waals surface area contributed by atoms with Crippen LogP contribution in [-0.2, 0) is 5.60 Å². The predicted molar refractivity (Wildman–Crippen MR) is 66.7 cm³/mol. The first-order chi connectivity index (χ1) is 7.26. The zero-order valence-electron chi connectivity index (χ0n) is 10.4. The molecule has 1 aromatic rings. The Morgan fingerprint density at radius 1 is 1.44 bits per heavy atom. The van der Waals surface area contributed by atoms with E-state index in [1.807, 2.05) is 19.9 Å². The second kappa shape index (κ2) is 4.55. The van der Waals surface area contributed by atoms with Crippen LogP contribution in [0.1, 0.15) is 35.3 Å². The maximum atomic E-state index is 11.7. The monoisotopic (exact) mass is 241 g/mol. The highest BCUT2D eigenvalue weighted by atomic mass is 32.1. The minimum Gasteiger partial charge on any atom is -0.384 e. The van der Waals surface area contributed by atoms with E-state index in [9.17, 15) is 9.90 Å². The quantitative estimate of drug-likeness (QED) is 0.882. The summed E-state index contributed by atoms with van der Waals surface area (Å²) in [4.78, 5) is 14.8. The van der Waals surface area contributed by atoms with Crippen LogP contribution < -0.4 is 0 Å². The van der Waals surface area contributed by atoms with Crippen molar-refractivity contribution in [3.8, 4) is 0 Å². The molecule has 0 saturated carbocycles. The highest BCUT2D eigenvalue weighted by Crippen LogP contribution is 2.34. The van der Waals surface area contributed by atoms with Gasteiger partial charge >= 0.3 is 0 Å². The summed E-state index contributed by atoms with van der Waals surface area (Å²) in [5.41, 5.74) is -0.866. The van der Waals surface area contributed by atoms with Crippen LogP contribution in [0.5, 0.6) is 0 Å². The van der Waals surface area contributed by atoms with Gasteiger partial charge in [-0.25, -0.2) is 0 Å². The van der Waals surface area contributed by atoms with Gasteiger partial charge in [0, 0.05) is 19.0 Å². The highest BCUT2D eigenvalue weighted by Gasteiger charge is 2.29. The summed E-state index contributed by atoms with van der Waals surface area (Å²) in [5.74, 6) is 0.101. The Labute approximate surface area is 101 Å². The van der Waals surface area contributed by atoms with Crippen LogP contribution in [0.25, 0.3) is 0 Å². The Morgan fingerprint density at radius 2 is 2.00 bits per heavy atom. The van der Waals surface area contributed by atoms with Gasteiger partial charge in [0.25, 0.3) is 5.91 Å². The van der Waals surface area contributed by atoms with Crippen LogP contribution in [0.3, 0.4) is 0 Å². The van der Waals surface area contributed by atoms with Gasteiger partial charge in [0.05, 0.1) is 10.5 Å². The molecule has 0 spiro atoms. The fourth-order valence-electron chi connectivity index (χ4n) is 1.23. The van der Waals surface area contributed by atoms with Gasteiger partial charge in [0.2, 0.25) is 0 Å². The Bertz CT molecular complexity index is 380. The lowest BCUT2D eigenvalue weighted by atomic mass is 9.91. The number of hydrogen-bond donors (Lipinski definition) is 1. The van der Waals surface area contributed by atoms with E-state index < -0.39 is 5.60 Å². The Balaban J connectivity index is 3.00. The zero-order valence-corrected chi connectivity index (χ0v) is 11.3. The first kappa shape index (κ1) is 13.2. The van der Waals surface area contributed by atoms with Crippen molar-refractivity contribution in [3.05, 3.63) is 21.9 Å². The lowest BCUT2D eigenvalue weighted by Crippen LogP contribution is -2.26. The van der Waals surface area contributed by atoms with Gasteiger partial charge in [0.1, 0.15) is 0 Å². The second-order valence-corrected chi connectivity index (χ2v) is 5.75. The summed E-state index contributed by atoms with van der Waals surface area (Å²) in [5, 5.41) is 10.3. The average molecular weight is 241 g/mol. The first-order valence-corrected chi connectivity index (χ1v) is 6.12. The largest absolute Gasteiger partial charge is 0.384 e. The molecule has 1 atom stereocenters. The van der Waals surface area contributed by atoms with E-state index in [2.05, 4.69) is 0 Å². The SMILES string of the molecule is CC(C)C(C)(O)c1ccc(C(=O)N(C)C)s1. The third kappa shape index (κ3) is 2.44. The molecule has 0 aliphatic rings. The molecule has 16 heavy (non-hydrogen) atoms. The number of amides is 1. The van der Waals surface area contributed by atoms with Crippen LogP contribution in [0.4, 0.5) is 0 Å². The van der Waals surface area contributed by atoms with E-state index in [1.165, 1.54) is 11.3 Å². The van der Waals surface area contributed by atoms with Crippen LogP contribution in [0.15, 0.2) is 12.1 Å². The zero-order chi connectivity index (χ0) is 12.5. The molecular formula is C12H19NO2S. The summed E-state index contributed by atoms with van der Waals surface area (Å²) in [7, 11) is 3.45. The average Bonchev–Trinajstić information content (AvgIpc) is 2.65. The van der Waals surface area contributed by atoms with Gasteiger partial charge in [-0.2, -0.15) is 0 Å². The van der Waals surface area contributed by atoms with E-state index in [1.54, 1.807) is 32.0 Å². The minimum absolute atomic E-state index is 0.0178. The Kier molecular flexibility index (Phi) is 3.76. The van der Waals surface area contributed by atoms with Crippen molar-refractivity contribution in [1.82, 2.24) is 4.90 Å². The normalized spacial score (nSPS) is 14.9. The lowest BCUT2D eigenvalue weighted by Gasteiger charge is -2.26. The molecule has 1 N–H and O–H groups in total. The van der Waals surface area contributed by atoms with Gasteiger partial charge in [0.15, 0.2) is 0 Å². The maximum absolute atomic E-state index is 11.7. The molecule has 0 radical (unpaired) electrons. The summed E-state index contributed by atoms with van der Waals surface area (Å²) in [6, 6.07) is 3.61. The highest BCUT2D eigenvalue weighted by molar-refractivity contribution is 7.14. The third-order valence-corrected chi connectivity index (χ3v) is 4.15. The van der Waals surface area contributed by atoms with E-state index in [0.29, 0.717) is 4.88 Å². The smallest absolute Gasteiger partial charge is 0.263 e. The van der Waals surface area contributed by atoms with Crippen molar-refractivity contribution in [1.29, 1.82) is 0 Å². The fraction of sp³-hybridized carbons (Fsp3) is 0.583. The van der Waals surface area contributed by atoms with Crippen molar-refractivity contribution >= 4 is 17.2 Å².